The molecule has 1 aliphatic rings. The molecule has 1 fully saturated rings. The Labute approximate surface area is 101 Å². The van der Waals surface area contributed by atoms with Crippen LogP contribution < -0.4 is 5.32 Å². The van der Waals surface area contributed by atoms with Gasteiger partial charge in [0.2, 0.25) is 0 Å². The molecule has 0 bridgehead atoms. The van der Waals surface area contributed by atoms with Crippen LogP contribution >= 0.6 is 0 Å². The van der Waals surface area contributed by atoms with Crippen LogP contribution in [0, 0.1) is 0 Å². The van der Waals surface area contributed by atoms with E-state index in [0.717, 1.165) is 12.1 Å². The first-order chi connectivity index (χ1) is 8.03. The highest BCUT2D eigenvalue weighted by Gasteiger charge is 2.43. The van der Waals surface area contributed by atoms with Crippen LogP contribution in [0.4, 0.5) is 0 Å². The van der Waals surface area contributed by atoms with Crippen molar-refractivity contribution in [2.24, 2.45) is 0 Å². The minimum Gasteiger partial charge on any atom is -0.480 e. The van der Waals surface area contributed by atoms with Gasteiger partial charge in [-0.1, -0.05) is 0 Å². The third-order valence-corrected chi connectivity index (χ3v) is 3.42. The predicted octanol–water partition coefficient (Wildman–Crippen LogP) is 1.56. The number of aromatic nitrogens is 2. The van der Waals surface area contributed by atoms with Crippen LogP contribution in [-0.4, -0.2) is 26.4 Å². The van der Waals surface area contributed by atoms with Crippen LogP contribution in [0.5, 0.6) is 0 Å². The summed E-state index contributed by atoms with van der Waals surface area (Å²) in [4.78, 5) is 11.2. The van der Waals surface area contributed by atoms with Crippen molar-refractivity contribution in [2.75, 3.05) is 0 Å². The smallest absolute Gasteiger partial charge is 0.323 e. The summed E-state index contributed by atoms with van der Waals surface area (Å²) in [5.74, 6) is -0.743. The van der Waals surface area contributed by atoms with Crippen LogP contribution in [0.1, 0.15) is 44.8 Å². The SMILES string of the molecule is CC(C)n1ccc(CNC2(C(=O)O)CCC2)n1. The zero-order chi connectivity index (χ0) is 12.5. The number of hydrogen-bond donors (Lipinski definition) is 2. The van der Waals surface area contributed by atoms with Gasteiger partial charge in [-0.25, -0.2) is 0 Å². The molecule has 1 heterocycles. The molecule has 1 aromatic heterocycles. The number of nitrogens with zero attached hydrogens (tertiary/aromatic N) is 2. The number of rotatable bonds is 5. The first-order valence-corrected chi connectivity index (χ1v) is 6.06. The Kier molecular flexibility index (Phi) is 3.19. The molecule has 0 saturated heterocycles. The lowest BCUT2D eigenvalue weighted by atomic mass is 9.77. The molecule has 1 saturated carbocycles. The second-order valence-corrected chi connectivity index (χ2v) is 4.98. The fourth-order valence-electron chi connectivity index (χ4n) is 2.02. The summed E-state index contributed by atoms with van der Waals surface area (Å²) >= 11 is 0. The molecule has 0 amide bonds. The molecule has 2 rings (SSSR count). The third kappa shape index (κ3) is 2.34. The average molecular weight is 237 g/mol. The number of hydrogen-bond acceptors (Lipinski definition) is 3. The highest BCUT2D eigenvalue weighted by molar-refractivity contribution is 5.79. The summed E-state index contributed by atoms with van der Waals surface area (Å²) in [7, 11) is 0. The van der Waals surface area contributed by atoms with Crippen LogP contribution in [0.15, 0.2) is 12.3 Å². The second kappa shape index (κ2) is 4.49. The topological polar surface area (TPSA) is 67.2 Å². The van der Waals surface area contributed by atoms with E-state index in [4.69, 9.17) is 5.11 Å². The van der Waals surface area contributed by atoms with E-state index in [1.54, 1.807) is 0 Å². The molecule has 94 valence electrons. The normalized spacial score (nSPS) is 18.1. The summed E-state index contributed by atoms with van der Waals surface area (Å²) in [5, 5.41) is 16.7. The average Bonchev–Trinajstić information content (AvgIpc) is 2.64. The van der Waals surface area contributed by atoms with Gasteiger partial charge in [-0.15, -0.1) is 0 Å². The molecule has 5 heteroatoms. The molecule has 2 N–H and O–H groups in total. The first kappa shape index (κ1) is 12.1. The molecule has 0 aromatic carbocycles. The van der Waals surface area contributed by atoms with Gasteiger partial charge in [0.1, 0.15) is 5.54 Å². The summed E-state index contributed by atoms with van der Waals surface area (Å²) < 4.78 is 1.88. The van der Waals surface area contributed by atoms with E-state index in [1.807, 2.05) is 16.9 Å². The van der Waals surface area contributed by atoms with Crippen molar-refractivity contribution in [1.82, 2.24) is 15.1 Å². The van der Waals surface area contributed by atoms with E-state index in [-0.39, 0.29) is 0 Å². The highest BCUT2D eigenvalue weighted by Crippen LogP contribution is 2.32. The van der Waals surface area contributed by atoms with Crippen molar-refractivity contribution in [1.29, 1.82) is 0 Å². The Morgan fingerprint density at radius 2 is 2.35 bits per heavy atom. The van der Waals surface area contributed by atoms with Crippen molar-refractivity contribution in [3.8, 4) is 0 Å². The van der Waals surface area contributed by atoms with Gasteiger partial charge in [-0.2, -0.15) is 5.10 Å². The molecule has 0 unspecified atom stereocenters. The Hall–Kier alpha value is -1.36. The van der Waals surface area contributed by atoms with Crippen LogP contribution in [0.3, 0.4) is 0 Å². The lowest BCUT2D eigenvalue weighted by Gasteiger charge is -2.38. The fourth-order valence-corrected chi connectivity index (χ4v) is 2.02. The van der Waals surface area contributed by atoms with E-state index in [9.17, 15) is 4.79 Å². The second-order valence-electron chi connectivity index (χ2n) is 4.98. The number of nitrogens with one attached hydrogen (secondary N) is 1. The standard InChI is InChI=1S/C12H19N3O2/c1-9(2)15-7-4-10(14-15)8-13-12(11(16)17)5-3-6-12/h4,7,9,13H,3,5-6,8H2,1-2H3,(H,16,17). The van der Waals surface area contributed by atoms with Gasteiger partial charge < -0.3 is 5.11 Å². The lowest BCUT2D eigenvalue weighted by Crippen LogP contribution is -2.56. The maximum absolute atomic E-state index is 11.2. The number of aliphatic carboxylic acids is 1. The molecular weight excluding hydrogens is 218 g/mol. The first-order valence-electron chi connectivity index (χ1n) is 6.06. The third-order valence-electron chi connectivity index (χ3n) is 3.42. The Bertz CT molecular complexity index is 408. The van der Waals surface area contributed by atoms with Gasteiger partial charge in [-0.05, 0) is 39.2 Å². The van der Waals surface area contributed by atoms with Gasteiger partial charge in [0, 0.05) is 18.8 Å². The monoisotopic (exact) mass is 237 g/mol. The molecule has 0 aliphatic heterocycles. The zero-order valence-electron chi connectivity index (χ0n) is 10.3. The zero-order valence-corrected chi connectivity index (χ0v) is 10.3. The van der Waals surface area contributed by atoms with Gasteiger partial charge in [0.15, 0.2) is 0 Å². The molecule has 1 aromatic rings. The quantitative estimate of drug-likeness (QED) is 0.815. The van der Waals surface area contributed by atoms with Gasteiger partial charge in [0.25, 0.3) is 0 Å². The summed E-state index contributed by atoms with van der Waals surface area (Å²) in [6.07, 6.45) is 4.34. The minimum absolute atomic E-state index is 0.334. The highest BCUT2D eigenvalue weighted by atomic mass is 16.4. The molecular formula is C12H19N3O2. The summed E-state index contributed by atoms with van der Waals surface area (Å²) in [5.41, 5.74) is 0.188. The largest absolute Gasteiger partial charge is 0.480 e. The molecule has 5 nitrogen and oxygen atoms in total. The van der Waals surface area contributed by atoms with E-state index in [0.29, 0.717) is 25.4 Å². The van der Waals surface area contributed by atoms with Gasteiger partial charge in [0.05, 0.1) is 5.69 Å². The van der Waals surface area contributed by atoms with E-state index < -0.39 is 11.5 Å². The van der Waals surface area contributed by atoms with Crippen LogP contribution in [-0.2, 0) is 11.3 Å². The summed E-state index contributed by atoms with van der Waals surface area (Å²) in [6, 6.07) is 2.27. The van der Waals surface area contributed by atoms with Crippen LogP contribution in [0.25, 0.3) is 0 Å². The van der Waals surface area contributed by atoms with Crippen molar-refractivity contribution in [3.63, 3.8) is 0 Å². The molecule has 0 atom stereocenters. The van der Waals surface area contributed by atoms with Crippen LogP contribution in [0.2, 0.25) is 0 Å². The van der Waals surface area contributed by atoms with Gasteiger partial charge in [-0.3, -0.25) is 14.8 Å². The van der Waals surface area contributed by atoms with Gasteiger partial charge >= 0.3 is 5.97 Å². The van der Waals surface area contributed by atoms with Crippen molar-refractivity contribution >= 4 is 5.97 Å². The number of carbonyl (C=O) groups is 1. The van der Waals surface area contributed by atoms with E-state index in [1.165, 1.54) is 0 Å². The van der Waals surface area contributed by atoms with Crippen molar-refractivity contribution < 1.29 is 9.90 Å². The fraction of sp³-hybridized carbons (Fsp3) is 0.667. The van der Waals surface area contributed by atoms with E-state index >= 15 is 0 Å². The van der Waals surface area contributed by atoms with E-state index in [2.05, 4.69) is 24.3 Å². The van der Waals surface area contributed by atoms with Crippen molar-refractivity contribution in [3.05, 3.63) is 18.0 Å². The molecule has 1 aliphatic carbocycles. The lowest BCUT2D eigenvalue weighted by molar-refractivity contribution is -0.148. The Morgan fingerprint density at radius 1 is 1.65 bits per heavy atom. The number of carboxylic acids is 1. The Balaban J connectivity index is 1.95. The molecule has 0 spiro atoms. The Morgan fingerprint density at radius 3 is 2.76 bits per heavy atom. The minimum atomic E-state index is -0.743. The maximum atomic E-state index is 11.2. The predicted molar refractivity (Wildman–Crippen MR) is 63.7 cm³/mol. The molecule has 17 heavy (non-hydrogen) atoms. The maximum Gasteiger partial charge on any atom is 0.323 e. The van der Waals surface area contributed by atoms with Crippen molar-refractivity contribution in [2.45, 2.75) is 51.2 Å². The summed E-state index contributed by atoms with van der Waals surface area (Å²) in [6.45, 7) is 4.65. The molecule has 0 radical (unpaired) electrons. The number of carboxylic acid groups (broad SMARTS) is 1.